The molecular formula is C11H11N3O5S. The number of aliphatic imine (C=N–C) groups is 1. The van der Waals surface area contributed by atoms with E-state index in [2.05, 4.69) is 9.71 Å². The van der Waals surface area contributed by atoms with E-state index in [1.54, 1.807) is 12.1 Å². The number of nitrogens with zero attached hydrogens (tertiary/aromatic N) is 1. The third-order valence-corrected chi connectivity index (χ3v) is 4.00. The third-order valence-electron chi connectivity index (χ3n) is 2.48. The summed E-state index contributed by atoms with van der Waals surface area (Å²) >= 11 is 0. The predicted molar refractivity (Wildman–Crippen MR) is 71.4 cm³/mol. The van der Waals surface area contributed by atoms with Gasteiger partial charge in [0.2, 0.25) is 10.0 Å². The van der Waals surface area contributed by atoms with Crippen LogP contribution in [0, 0.1) is 0 Å². The van der Waals surface area contributed by atoms with Crippen LogP contribution in [-0.2, 0) is 14.8 Å². The molecule has 2 rings (SSSR count). The molecule has 0 aliphatic carbocycles. The summed E-state index contributed by atoms with van der Waals surface area (Å²) in [6, 6.07) is 5.31. The van der Waals surface area contributed by atoms with Gasteiger partial charge in [-0.05, 0) is 12.1 Å². The van der Waals surface area contributed by atoms with E-state index in [1.165, 1.54) is 19.2 Å². The Morgan fingerprint density at radius 3 is 2.75 bits per heavy atom. The number of ether oxygens (including phenoxy) is 1. The van der Waals surface area contributed by atoms with E-state index in [9.17, 15) is 18.0 Å². The van der Waals surface area contributed by atoms with Gasteiger partial charge >= 0.3 is 6.03 Å². The van der Waals surface area contributed by atoms with Crippen LogP contribution in [-0.4, -0.2) is 38.9 Å². The van der Waals surface area contributed by atoms with Gasteiger partial charge in [-0.2, -0.15) is 0 Å². The predicted octanol–water partition coefficient (Wildman–Crippen LogP) is 0.126. The number of methoxy groups -OCH3 is 1. The van der Waals surface area contributed by atoms with E-state index in [4.69, 9.17) is 4.74 Å². The lowest BCUT2D eigenvalue weighted by Gasteiger charge is -2.16. The highest BCUT2D eigenvalue weighted by Gasteiger charge is 2.35. The highest BCUT2D eigenvalue weighted by molar-refractivity contribution is 7.94. The first-order chi connectivity index (χ1) is 9.42. The van der Waals surface area contributed by atoms with Gasteiger partial charge in [-0.25, -0.2) is 18.2 Å². The Morgan fingerprint density at radius 1 is 1.35 bits per heavy atom. The van der Waals surface area contributed by atoms with Crippen LogP contribution in [0.4, 0.5) is 10.5 Å². The Kier molecular flexibility index (Phi) is 3.70. The van der Waals surface area contributed by atoms with Gasteiger partial charge < -0.3 is 4.74 Å². The van der Waals surface area contributed by atoms with Crippen LogP contribution in [0.15, 0.2) is 29.3 Å². The minimum Gasteiger partial charge on any atom is -0.497 e. The molecule has 9 heteroatoms. The van der Waals surface area contributed by atoms with Crippen LogP contribution in [0.5, 0.6) is 5.75 Å². The number of imide groups is 1. The fraction of sp³-hybridized carbons (Fsp3) is 0.182. The third kappa shape index (κ3) is 2.94. The number of carbonyl (C=O) groups is 2. The molecule has 1 aromatic carbocycles. The van der Waals surface area contributed by atoms with E-state index in [0.29, 0.717) is 5.75 Å². The molecule has 0 radical (unpaired) electrons. The Hall–Kier alpha value is -2.42. The monoisotopic (exact) mass is 297 g/mol. The summed E-state index contributed by atoms with van der Waals surface area (Å²) in [5.41, 5.74) is 0.238. The first kappa shape index (κ1) is 14.0. The Labute approximate surface area is 114 Å². The number of rotatable bonds is 4. The molecule has 0 spiro atoms. The second kappa shape index (κ2) is 5.29. The lowest BCUT2D eigenvalue weighted by Crippen LogP contribution is -2.48. The molecule has 1 atom stereocenters. The molecule has 2 N–H and O–H groups in total. The molecule has 0 bridgehead atoms. The molecule has 0 saturated carbocycles. The van der Waals surface area contributed by atoms with Gasteiger partial charge in [0.25, 0.3) is 5.91 Å². The summed E-state index contributed by atoms with van der Waals surface area (Å²) in [7, 11) is -2.61. The summed E-state index contributed by atoms with van der Waals surface area (Å²) in [4.78, 5) is 25.6. The maximum Gasteiger partial charge on any atom is 0.347 e. The highest BCUT2D eigenvalue weighted by Crippen LogP contribution is 2.19. The Balaban J connectivity index is 2.25. The van der Waals surface area contributed by atoms with Gasteiger partial charge in [0, 0.05) is 12.3 Å². The number of carbonyl (C=O) groups excluding carboxylic acids is 2. The quantitative estimate of drug-likeness (QED) is 0.819. The van der Waals surface area contributed by atoms with Crippen molar-refractivity contribution in [2.45, 2.75) is 5.25 Å². The molecule has 0 saturated heterocycles. The number of hydrogen-bond donors (Lipinski definition) is 2. The van der Waals surface area contributed by atoms with Crippen LogP contribution >= 0.6 is 0 Å². The van der Waals surface area contributed by atoms with Gasteiger partial charge in [0.05, 0.1) is 12.8 Å². The van der Waals surface area contributed by atoms with Crippen molar-refractivity contribution in [3.63, 3.8) is 0 Å². The van der Waals surface area contributed by atoms with E-state index in [1.807, 2.05) is 5.32 Å². The molecule has 3 amide bonds. The van der Waals surface area contributed by atoms with Crippen LogP contribution in [0.3, 0.4) is 0 Å². The molecule has 106 valence electrons. The van der Waals surface area contributed by atoms with E-state index in [0.717, 1.165) is 6.21 Å². The number of urea groups is 1. The van der Waals surface area contributed by atoms with Crippen LogP contribution in [0.1, 0.15) is 0 Å². The molecule has 0 aromatic heterocycles. The summed E-state index contributed by atoms with van der Waals surface area (Å²) in [6.45, 7) is 0. The van der Waals surface area contributed by atoms with Crippen molar-refractivity contribution in [3.05, 3.63) is 24.3 Å². The number of amides is 3. The molecule has 1 aromatic rings. The zero-order valence-electron chi connectivity index (χ0n) is 10.4. The molecule has 20 heavy (non-hydrogen) atoms. The SMILES string of the molecule is COc1cccc(NS(=O)(=O)C2C=NC(=O)NC2=O)c1. The van der Waals surface area contributed by atoms with Crippen molar-refractivity contribution in [1.82, 2.24) is 5.32 Å². The molecule has 8 nitrogen and oxygen atoms in total. The zero-order valence-corrected chi connectivity index (χ0v) is 11.2. The lowest BCUT2D eigenvalue weighted by atomic mass is 10.3. The number of nitrogens with one attached hydrogen (secondary N) is 2. The van der Waals surface area contributed by atoms with E-state index < -0.39 is 27.2 Å². The highest BCUT2D eigenvalue weighted by atomic mass is 32.2. The maximum absolute atomic E-state index is 12.1. The van der Waals surface area contributed by atoms with Crippen LogP contribution < -0.4 is 14.8 Å². The molecule has 1 unspecified atom stereocenters. The summed E-state index contributed by atoms with van der Waals surface area (Å²) in [5.74, 6) is -0.484. The topological polar surface area (TPSA) is 114 Å². The van der Waals surface area contributed by atoms with Gasteiger partial charge in [0.15, 0.2) is 5.25 Å². The molecule has 1 aliphatic rings. The van der Waals surface area contributed by atoms with E-state index >= 15 is 0 Å². The molecule has 1 heterocycles. The first-order valence-corrected chi connectivity index (χ1v) is 7.02. The smallest absolute Gasteiger partial charge is 0.347 e. The van der Waals surface area contributed by atoms with E-state index in [-0.39, 0.29) is 5.69 Å². The van der Waals surface area contributed by atoms with Crippen LogP contribution in [0.2, 0.25) is 0 Å². The largest absolute Gasteiger partial charge is 0.497 e. The zero-order chi connectivity index (χ0) is 14.8. The first-order valence-electron chi connectivity index (χ1n) is 5.47. The number of sulfonamides is 1. The number of benzene rings is 1. The summed E-state index contributed by atoms with van der Waals surface area (Å²) in [6.07, 6.45) is 0.795. The number of hydrogen-bond acceptors (Lipinski definition) is 5. The second-order valence-corrected chi connectivity index (χ2v) is 5.67. The summed E-state index contributed by atoms with van der Waals surface area (Å²) < 4.78 is 31.3. The van der Waals surface area contributed by atoms with Crippen molar-refractivity contribution in [2.24, 2.45) is 4.99 Å². The average molecular weight is 297 g/mol. The number of anilines is 1. The minimum atomic E-state index is -4.05. The van der Waals surface area contributed by atoms with Crippen LogP contribution in [0.25, 0.3) is 0 Å². The van der Waals surface area contributed by atoms with Crippen molar-refractivity contribution in [1.29, 1.82) is 0 Å². The average Bonchev–Trinajstić information content (AvgIpc) is 2.37. The molecule has 1 aliphatic heterocycles. The van der Waals surface area contributed by atoms with Gasteiger partial charge in [0.1, 0.15) is 5.75 Å². The molecular weight excluding hydrogens is 286 g/mol. The van der Waals surface area contributed by atoms with Crippen molar-refractivity contribution in [2.75, 3.05) is 11.8 Å². The fourth-order valence-corrected chi connectivity index (χ4v) is 2.69. The summed E-state index contributed by atoms with van der Waals surface area (Å²) in [5, 5.41) is 0.261. The normalized spacial score (nSPS) is 18.6. The standard InChI is InChI=1S/C11H11N3O5S/c1-19-8-4-2-3-7(5-8)14-20(17,18)9-6-12-11(16)13-10(9)15/h2-6,9,14H,1H3,(H,13,15,16). The van der Waals surface area contributed by atoms with Crippen molar-refractivity contribution >= 4 is 33.9 Å². The van der Waals surface area contributed by atoms with Crippen molar-refractivity contribution < 1.29 is 22.7 Å². The van der Waals surface area contributed by atoms with Crippen molar-refractivity contribution in [3.8, 4) is 5.75 Å². The maximum atomic E-state index is 12.1. The second-order valence-electron chi connectivity index (χ2n) is 3.87. The Morgan fingerprint density at radius 2 is 2.10 bits per heavy atom. The van der Waals surface area contributed by atoms with Gasteiger partial charge in [-0.3, -0.25) is 14.8 Å². The fourth-order valence-electron chi connectivity index (χ4n) is 1.55. The molecule has 0 fully saturated rings. The Bertz CT molecular complexity index is 683. The van der Waals surface area contributed by atoms with Gasteiger partial charge in [-0.1, -0.05) is 6.07 Å². The minimum absolute atomic E-state index is 0.238. The lowest BCUT2D eigenvalue weighted by molar-refractivity contribution is -0.118. The van der Waals surface area contributed by atoms with Gasteiger partial charge in [-0.15, -0.1) is 0 Å².